The van der Waals surface area contributed by atoms with Crippen LogP contribution in [0.5, 0.6) is 5.88 Å². The fourth-order valence-electron chi connectivity index (χ4n) is 5.81. The van der Waals surface area contributed by atoms with Gasteiger partial charge in [-0.1, -0.05) is 6.92 Å². The van der Waals surface area contributed by atoms with Crippen molar-refractivity contribution in [2.24, 2.45) is 0 Å². The standard InChI is InChI=1S/C32H48N6O12S4/c1-8-33-24-15-19(2)53(43,44)31-23(24)16-27(51-31)54(45,46)36-25(40)9-10-26(41)49-20(3)30(42)50-22(17-38(21(4)39)32(5,6)7)18-48-29-28(34-52-35-29)37-11-13-47-14-12-37/h16,19-20,22,24,33H,8-15,17-18H2,1-7H3,(H,36,40)/t19-,20?,22-,24-/m0/s1. The first-order chi connectivity index (χ1) is 25.2. The lowest BCUT2D eigenvalue weighted by Gasteiger charge is -2.37. The molecule has 0 spiro atoms. The molecule has 0 radical (unpaired) electrons. The van der Waals surface area contributed by atoms with E-state index in [0.717, 1.165) is 11.7 Å². The number of thiophene rings is 1. The highest BCUT2D eigenvalue weighted by molar-refractivity contribution is 7.95. The summed E-state index contributed by atoms with van der Waals surface area (Å²) in [6, 6.07) is 0.876. The summed E-state index contributed by atoms with van der Waals surface area (Å²) < 4.78 is 84.3. The van der Waals surface area contributed by atoms with Crippen molar-refractivity contribution in [2.45, 2.75) is 105 Å². The molecule has 1 fully saturated rings. The second-order valence-electron chi connectivity index (χ2n) is 13.8. The number of anilines is 1. The molecule has 4 rings (SSSR count). The molecular weight excluding hydrogens is 789 g/mol. The second-order valence-corrected chi connectivity index (χ2v) is 19.9. The number of carbonyl (C=O) groups is 4. The molecule has 2 aliphatic rings. The van der Waals surface area contributed by atoms with Gasteiger partial charge in [-0.15, -0.1) is 15.7 Å². The molecule has 0 aromatic carbocycles. The predicted molar refractivity (Wildman–Crippen MR) is 198 cm³/mol. The number of fused-ring (bicyclic) bond motifs is 1. The van der Waals surface area contributed by atoms with Crippen LogP contribution in [0, 0.1) is 0 Å². The number of morpholine rings is 1. The van der Waals surface area contributed by atoms with E-state index in [2.05, 4.69) is 14.1 Å². The van der Waals surface area contributed by atoms with Crippen LogP contribution < -0.4 is 19.7 Å². The molecular formula is C32H48N6O12S4. The number of amides is 2. The molecule has 4 heterocycles. The molecule has 22 heteroatoms. The fourth-order valence-corrected chi connectivity index (χ4v) is 11.3. The average Bonchev–Trinajstić information content (AvgIpc) is 3.76. The molecule has 302 valence electrons. The number of ether oxygens (including phenoxy) is 4. The molecule has 1 unspecified atom stereocenters. The number of hydrogen-bond donors (Lipinski definition) is 2. The molecule has 54 heavy (non-hydrogen) atoms. The third-order valence-electron chi connectivity index (χ3n) is 8.61. The number of carbonyl (C=O) groups excluding carboxylic acids is 4. The summed E-state index contributed by atoms with van der Waals surface area (Å²) in [6.07, 6.45) is -3.38. The minimum absolute atomic E-state index is 0.0572. The van der Waals surface area contributed by atoms with Crippen LogP contribution in [-0.4, -0.2) is 123 Å². The summed E-state index contributed by atoms with van der Waals surface area (Å²) in [5, 5.41) is 2.44. The van der Waals surface area contributed by atoms with Crippen molar-refractivity contribution in [1.29, 1.82) is 0 Å². The van der Waals surface area contributed by atoms with E-state index in [4.69, 9.17) is 18.9 Å². The van der Waals surface area contributed by atoms with Gasteiger partial charge in [-0.3, -0.25) is 14.4 Å². The van der Waals surface area contributed by atoms with E-state index in [-0.39, 0.29) is 45.8 Å². The number of rotatable bonds is 16. The van der Waals surface area contributed by atoms with E-state index in [9.17, 15) is 36.0 Å². The topological polar surface area (TPSA) is 230 Å². The molecule has 0 aliphatic carbocycles. The highest BCUT2D eigenvalue weighted by Crippen LogP contribution is 2.42. The van der Waals surface area contributed by atoms with Gasteiger partial charge < -0.3 is 34.1 Å². The lowest BCUT2D eigenvalue weighted by molar-refractivity contribution is -0.173. The van der Waals surface area contributed by atoms with Gasteiger partial charge in [0, 0.05) is 43.6 Å². The Labute approximate surface area is 323 Å². The number of esters is 2. The highest BCUT2D eigenvalue weighted by atomic mass is 32.3. The third kappa shape index (κ3) is 10.9. The SMILES string of the molecule is CCN[C@H]1C[C@H](C)S(=O)(=O)c2sc(S(=O)(=O)NC(=O)CCC(=O)OC(C)C(=O)O[C@H](COc3nsnc3N3CCOCC3)CN(C(C)=O)C(C)(C)C)cc21. The number of aromatic nitrogens is 2. The third-order valence-corrected chi connectivity index (χ3v) is 14.9. The quantitative estimate of drug-likeness (QED) is 0.230. The predicted octanol–water partition coefficient (Wildman–Crippen LogP) is 1.81. The van der Waals surface area contributed by atoms with Crippen LogP contribution in [0.1, 0.15) is 79.3 Å². The van der Waals surface area contributed by atoms with Crippen molar-refractivity contribution >= 4 is 72.5 Å². The Kier molecular flexibility index (Phi) is 14.4. The largest absolute Gasteiger partial charge is 0.470 e. The van der Waals surface area contributed by atoms with Gasteiger partial charge in [0.05, 0.1) is 43.2 Å². The van der Waals surface area contributed by atoms with Crippen molar-refractivity contribution < 1.29 is 55.0 Å². The second kappa shape index (κ2) is 18.0. The Morgan fingerprint density at radius 3 is 2.44 bits per heavy atom. The Hall–Kier alpha value is -3.44. The average molecular weight is 837 g/mol. The van der Waals surface area contributed by atoms with Gasteiger partial charge in [-0.25, -0.2) is 26.4 Å². The Morgan fingerprint density at radius 2 is 1.81 bits per heavy atom. The molecule has 0 bridgehead atoms. The number of sulfone groups is 1. The van der Waals surface area contributed by atoms with E-state index in [1.54, 1.807) is 6.92 Å². The Balaban J connectivity index is 1.35. The zero-order valence-corrected chi connectivity index (χ0v) is 34.5. The van der Waals surface area contributed by atoms with Gasteiger partial charge in [-0.2, -0.15) is 4.37 Å². The van der Waals surface area contributed by atoms with Gasteiger partial charge in [0.1, 0.15) is 15.0 Å². The minimum Gasteiger partial charge on any atom is -0.470 e. The normalized spacial score (nSPS) is 19.6. The van der Waals surface area contributed by atoms with Gasteiger partial charge in [0.15, 0.2) is 22.0 Å². The molecule has 2 amide bonds. The lowest BCUT2D eigenvalue weighted by Crippen LogP contribution is -2.50. The highest BCUT2D eigenvalue weighted by Gasteiger charge is 2.40. The van der Waals surface area contributed by atoms with Crippen molar-refractivity contribution in [3.8, 4) is 5.88 Å². The summed E-state index contributed by atoms with van der Waals surface area (Å²) >= 11 is 1.52. The fraction of sp³-hybridized carbons (Fsp3) is 0.688. The van der Waals surface area contributed by atoms with Gasteiger partial charge in [0.25, 0.3) is 15.9 Å². The molecule has 2 aliphatic heterocycles. The molecule has 2 aromatic rings. The van der Waals surface area contributed by atoms with Crippen LogP contribution in [-0.2, 0) is 53.2 Å². The molecule has 0 saturated carbocycles. The summed E-state index contributed by atoms with van der Waals surface area (Å²) in [5.74, 6) is -2.50. The maximum atomic E-state index is 13.2. The van der Waals surface area contributed by atoms with Gasteiger partial charge in [0.2, 0.25) is 17.6 Å². The van der Waals surface area contributed by atoms with Crippen molar-refractivity contribution in [1.82, 2.24) is 23.7 Å². The van der Waals surface area contributed by atoms with Gasteiger partial charge in [-0.05, 0) is 53.7 Å². The Bertz CT molecular complexity index is 1890. The van der Waals surface area contributed by atoms with Crippen LogP contribution in [0.2, 0.25) is 0 Å². The summed E-state index contributed by atoms with van der Waals surface area (Å²) in [6.45, 7) is 14.0. The maximum absolute atomic E-state index is 13.2. The first-order valence-corrected chi connectivity index (χ1v) is 21.9. The van der Waals surface area contributed by atoms with E-state index < -0.39 is 73.5 Å². The maximum Gasteiger partial charge on any atom is 0.347 e. The first kappa shape index (κ1) is 43.3. The summed E-state index contributed by atoms with van der Waals surface area (Å²) in [7, 11) is -8.23. The number of hydrogen-bond acceptors (Lipinski definition) is 18. The van der Waals surface area contributed by atoms with Crippen LogP contribution in [0.25, 0.3) is 0 Å². The Morgan fingerprint density at radius 1 is 1.13 bits per heavy atom. The number of nitrogens with zero attached hydrogens (tertiary/aromatic N) is 4. The van der Waals surface area contributed by atoms with Crippen molar-refractivity contribution in [3.05, 3.63) is 11.6 Å². The van der Waals surface area contributed by atoms with E-state index in [0.29, 0.717) is 55.6 Å². The molecule has 4 atom stereocenters. The molecule has 1 saturated heterocycles. The smallest absolute Gasteiger partial charge is 0.347 e. The van der Waals surface area contributed by atoms with Gasteiger partial charge >= 0.3 is 11.9 Å². The molecule has 18 nitrogen and oxygen atoms in total. The van der Waals surface area contributed by atoms with Crippen molar-refractivity contribution in [3.63, 3.8) is 0 Å². The number of nitrogens with one attached hydrogen (secondary N) is 2. The van der Waals surface area contributed by atoms with E-state index >= 15 is 0 Å². The van der Waals surface area contributed by atoms with Crippen LogP contribution in [0.3, 0.4) is 0 Å². The van der Waals surface area contributed by atoms with Crippen LogP contribution in [0.15, 0.2) is 14.5 Å². The minimum atomic E-state index is -4.47. The zero-order valence-electron chi connectivity index (χ0n) is 31.3. The summed E-state index contributed by atoms with van der Waals surface area (Å²) in [4.78, 5) is 54.4. The zero-order chi connectivity index (χ0) is 40.0. The number of sulfonamides is 1. The van der Waals surface area contributed by atoms with Crippen LogP contribution >= 0.6 is 23.1 Å². The monoisotopic (exact) mass is 836 g/mol. The van der Waals surface area contributed by atoms with Crippen LogP contribution in [0.4, 0.5) is 5.82 Å². The molecule has 2 N–H and O–H groups in total. The summed E-state index contributed by atoms with van der Waals surface area (Å²) in [5.41, 5.74) is -0.311. The molecule has 2 aromatic heterocycles. The lowest BCUT2D eigenvalue weighted by atomic mass is 10.1. The van der Waals surface area contributed by atoms with Crippen molar-refractivity contribution in [2.75, 3.05) is 50.9 Å². The van der Waals surface area contributed by atoms with E-state index in [1.807, 2.05) is 37.3 Å². The van der Waals surface area contributed by atoms with E-state index in [1.165, 1.54) is 24.8 Å². The first-order valence-electron chi connectivity index (χ1n) is 17.4.